The summed E-state index contributed by atoms with van der Waals surface area (Å²) in [4.78, 5) is 8.93. The van der Waals surface area contributed by atoms with Gasteiger partial charge in [-0.25, -0.2) is 0 Å². The second kappa shape index (κ2) is 9.62. The Morgan fingerprint density at radius 3 is 2.74 bits per heavy atom. The van der Waals surface area contributed by atoms with E-state index in [-0.39, 0.29) is 23.5 Å². The van der Waals surface area contributed by atoms with Crippen molar-refractivity contribution in [2.24, 2.45) is 17.3 Å². The first-order valence-electron chi connectivity index (χ1n) is 15.4. The van der Waals surface area contributed by atoms with E-state index >= 15 is 0 Å². The van der Waals surface area contributed by atoms with Crippen molar-refractivity contribution in [3.05, 3.63) is 89.0 Å². The smallest absolute Gasteiger partial charge is 0.125 e. The average molecular weight is 522 g/mol. The van der Waals surface area contributed by atoms with Crippen molar-refractivity contribution in [3.63, 3.8) is 0 Å². The minimum Gasteiger partial charge on any atom is -0.490 e. The molecule has 1 spiro atoms. The summed E-state index contributed by atoms with van der Waals surface area (Å²) < 4.78 is 13.9. The van der Waals surface area contributed by atoms with Gasteiger partial charge in [0.15, 0.2) is 0 Å². The van der Waals surface area contributed by atoms with Crippen LogP contribution in [0.15, 0.2) is 83.3 Å². The van der Waals surface area contributed by atoms with E-state index in [1.807, 2.05) is 6.20 Å². The molecule has 2 fully saturated rings. The average Bonchev–Trinajstić information content (AvgIpc) is 3.01. The molecule has 4 heterocycles. The number of fused-ring (bicyclic) bond motifs is 7. The summed E-state index contributed by atoms with van der Waals surface area (Å²) in [6.45, 7) is 1.14. The summed E-state index contributed by atoms with van der Waals surface area (Å²) in [5, 5.41) is 3.82. The van der Waals surface area contributed by atoms with E-state index in [9.17, 15) is 0 Å². The predicted octanol–water partition coefficient (Wildman–Crippen LogP) is 6.74. The highest BCUT2D eigenvalue weighted by Crippen LogP contribution is 2.66. The van der Waals surface area contributed by atoms with Crippen LogP contribution >= 0.6 is 0 Å². The number of allylic oxidation sites excluding steroid dienone is 7. The molecule has 0 saturated carbocycles. The first kappa shape index (κ1) is 23.9. The van der Waals surface area contributed by atoms with E-state index in [0.717, 1.165) is 49.3 Å². The summed E-state index contributed by atoms with van der Waals surface area (Å²) in [5.41, 5.74) is 6.58. The van der Waals surface area contributed by atoms with Gasteiger partial charge < -0.3 is 14.8 Å². The lowest BCUT2D eigenvalue weighted by Gasteiger charge is -2.60. The SMILES string of the molecule is C1=CC2C(C=C1c1cnccn1)OC1=CCCC=C1C21C2=C(CCCC2)OC2C=C(C3CCCCN3)CCC21. The minimum absolute atomic E-state index is 0.0201. The number of rotatable bonds is 2. The van der Waals surface area contributed by atoms with Gasteiger partial charge in [-0.05, 0) is 88.1 Å². The van der Waals surface area contributed by atoms with E-state index < -0.39 is 0 Å². The van der Waals surface area contributed by atoms with Crippen molar-refractivity contribution in [1.29, 1.82) is 0 Å². The summed E-state index contributed by atoms with van der Waals surface area (Å²) in [6.07, 6.45) is 33.1. The van der Waals surface area contributed by atoms with Crippen molar-refractivity contribution >= 4 is 5.57 Å². The molecular weight excluding hydrogens is 482 g/mol. The maximum Gasteiger partial charge on any atom is 0.125 e. The van der Waals surface area contributed by atoms with Crippen molar-refractivity contribution < 1.29 is 9.47 Å². The largest absolute Gasteiger partial charge is 0.490 e. The second-order valence-electron chi connectivity index (χ2n) is 12.4. The van der Waals surface area contributed by atoms with Crippen LogP contribution < -0.4 is 5.32 Å². The number of aromatic nitrogens is 2. The Hall–Kier alpha value is -2.92. The standard InChI is InChI=1S/C34H39N3O2/c1-3-10-30-24(7-1)34(26-14-12-22(19-32(26)38-30)28-9-5-6-16-36-28)25-8-2-4-11-31(25)39-33-20-23(13-15-27(33)34)29-21-35-17-18-37-29/h8,11,13,15,17-21,26-28,32-33,36H,1-7,9-10,12,14,16H2. The molecule has 4 aliphatic carbocycles. The van der Waals surface area contributed by atoms with Crippen molar-refractivity contribution in [1.82, 2.24) is 15.3 Å². The van der Waals surface area contributed by atoms with Gasteiger partial charge in [-0.1, -0.05) is 30.2 Å². The van der Waals surface area contributed by atoms with Gasteiger partial charge in [-0.2, -0.15) is 0 Å². The molecule has 0 amide bonds. The van der Waals surface area contributed by atoms with Crippen LogP contribution in [-0.4, -0.2) is 34.8 Å². The van der Waals surface area contributed by atoms with Gasteiger partial charge >= 0.3 is 0 Å². The molecule has 1 aromatic heterocycles. The number of ether oxygens (including phenoxy) is 2. The molecule has 5 heteroatoms. The topological polar surface area (TPSA) is 56.3 Å². The summed E-state index contributed by atoms with van der Waals surface area (Å²) in [5.74, 6) is 3.08. The van der Waals surface area contributed by atoms with Crippen LogP contribution in [0.4, 0.5) is 0 Å². The van der Waals surface area contributed by atoms with Gasteiger partial charge in [0, 0.05) is 53.3 Å². The third kappa shape index (κ3) is 3.76. The van der Waals surface area contributed by atoms with Gasteiger partial charge in [-0.15, -0.1) is 0 Å². The van der Waals surface area contributed by atoms with Crippen LogP contribution in [0.2, 0.25) is 0 Å². The van der Waals surface area contributed by atoms with Gasteiger partial charge in [0.25, 0.3) is 0 Å². The Balaban J connectivity index is 1.27. The predicted molar refractivity (Wildman–Crippen MR) is 152 cm³/mol. The molecular formula is C34H39N3O2. The Morgan fingerprint density at radius 2 is 1.85 bits per heavy atom. The molecule has 0 aromatic carbocycles. The fourth-order valence-corrected chi connectivity index (χ4v) is 8.86. The van der Waals surface area contributed by atoms with E-state index in [4.69, 9.17) is 9.47 Å². The maximum atomic E-state index is 7.02. The molecule has 0 bridgehead atoms. The van der Waals surface area contributed by atoms with Crippen LogP contribution in [0.1, 0.15) is 76.3 Å². The van der Waals surface area contributed by atoms with Crippen molar-refractivity contribution in [2.75, 3.05) is 6.54 Å². The molecule has 7 aliphatic rings. The molecule has 202 valence electrons. The van der Waals surface area contributed by atoms with Crippen LogP contribution in [0.25, 0.3) is 5.57 Å². The fourth-order valence-electron chi connectivity index (χ4n) is 8.86. The Bertz CT molecular complexity index is 1330. The lowest BCUT2D eigenvalue weighted by Crippen LogP contribution is -2.57. The van der Waals surface area contributed by atoms with Crippen LogP contribution in [-0.2, 0) is 9.47 Å². The number of hydrogen-bond acceptors (Lipinski definition) is 5. The van der Waals surface area contributed by atoms with Crippen LogP contribution in [0, 0.1) is 17.3 Å². The van der Waals surface area contributed by atoms with Gasteiger partial charge in [0.05, 0.1) is 17.6 Å². The van der Waals surface area contributed by atoms with E-state index in [1.165, 1.54) is 56.3 Å². The lowest BCUT2D eigenvalue weighted by atomic mass is 9.49. The molecule has 0 radical (unpaired) electrons. The summed E-state index contributed by atoms with van der Waals surface area (Å²) in [7, 11) is 0. The number of nitrogens with zero attached hydrogens (tertiary/aromatic N) is 2. The Labute approximate surface area is 231 Å². The Kier molecular flexibility index (Phi) is 5.90. The zero-order valence-electron chi connectivity index (χ0n) is 22.8. The number of piperidine rings is 1. The molecule has 1 aromatic rings. The highest BCUT2D eigenvalue weighted by atomic mass is 16.5. The van der Waals surface area contributed by atoms with E-state index in [2.05, 4.69) is 51.7 Å². The fraction of sp³-hybridized carbons (Fsp3) is 0.529. The van der Waals surface area contributed by atoms with Crippen molar-refractivity contribution in [2.45, 2.75) is 88.9 Å². The third-order valence-electron chi connectivity index (χ3n) is 10.4. The highest BCUT2D eigenvalue weighted by Gasteiger charge is 2.62. The quantitative estimate of drug-likeness (QED) is 0.437. The molecule has 6 atom stereocenters. The van der Waals surface area contributed by atoms with Gasteiger partial charge in [0.2, 0.25) is 0 Å². The minimum atomic E-state index is -0.0727. The Morgan fingerprint density at radius 1 is 0.897 bits per heavy atom. The first-order valence-corrected chi connectivity index (χ1v) is 15.4. The molecule has 6 unspecified atom stereocenters. The van der Waals surface area contributed by atoms with E-state index in [0.29, 0.717) is 12.0 Å². The molecule has 1 N–H and O–H groups in total. The zero-order valence-corrected chi connectivity index (χ0v) is 22.8. The van der Waals surface area contributed by atoms with Crippen LogP contribution in [0.3, 0.4) is 0 Å². The molecule has 39 heavy (non-hydrogen) atoms. The number of hydrogen-bond donors (Lipinski definition) is 1. The van der Waals surface area contributed by atoms with Gasteiger partial charge in [-0.3, -0.25) is 9.97 Å². The summed E-state index contributed by atoms with van der Waals surface area (Å²) in [6, 6.07) is 0.528. The maximum absolute atomic E-state index is 7.02. The molecule has 3 aliphatic heterocycles. The lowest BCUT2D eigenvalue weighted by molar-refractivity contribution is -0.0631. The zero-order chi connectivity index (χ0) is 25.8. The number of nitrogens with one attached hydrogen (secondary N) is 1. The first-order chi connectivity index (χ1) is 19.3. The molecule has 2 saturated heterocycles. The summed E-state index contributed by atoms with van der Waals surface area (Å²) >= 11 is 0. The monoisotopic (exact) mass is 521 g/mol. The highest BCUT2D eigenvalue weighted by molar-refractivity contribution is 5.74. The van der Waals surface area contributed by atoms with Crippen LogP contribution in [0.5, 0.6) is 0 Å². The van der Waals surface area contributed by atoms with Crippen molar-refractivity contribution in [3.8, 4) is 0 Å². The molecule has 8 rings (SSSR count). The normalized spacial score (nSPS) is 37.1. The second-order valence-corrected chi connectivity index (χ2v) is 12.4. The van der Waals surface area contributed by atoms with E-state index in [1.54, 1.807) is 23.5 Å². The van der Waals surface area contributed by atoms with Gasteiger partial charge in [0.1, 0.15) is 18.0 Å². The third-order valence-corrected chi connectivity index (χ3v) is 10.4. The molecule has 5 nitrogen and oxygen atoms in total.